The molecule has 2 rings (SSSR count). The van der Waals surface area contributed by atoms with Crippen molar-refractivity contribution in [2.24, 2.45) is 0 Å². The van der Waals surface area contributed by atoms with Crippen molar-refractivity contribution < 1.29 is 28.2 Å². The summed E-state index contributed by atoms with van der Waals surface area (Å²) in [5.41, 5.74) is 6.16. The number of benzene rings is 2. The molecule has 0 fully saturated rings. The van der Waals surface area contributed by atoms with E-state index in [0.29, 0.717) is 12.0 Å². The van der Waals surface area contributed by atoms with Crippen LogP contribution in [0.3, 0.4) is 0 Å². The maximum Gasteiger partial charge on any atom is 0.516 e. The van der Waals surface area contributed by atoms with E-state index in [1.807, 2.05) is 13.0 Å². The fourth-order valence-electron chi connectivity index (χ4n) is 3.38. The van der Waals surface area contributed by atoms with Crippen molar-refractivity contribution in [3.8, 4) is 11.1 Å². The molecule has 160 valence electrons. The highest BCUT2D eigenvalue weighted by atomic mass is 31.1. The predicted octanol–water partition coefficient (Wildman–Crippen LogP) is 5.54. The van der Waals surface area contributed by atoms with Gasteiger partial charge < -0.3 is 5.11 Å². The molecule has 5 nitrogen and oxygen atoms in total. The van der Waals surface area contributed by atoms with Gasteiger partial charge in [0, 0.05) is 0 Å². The number of carbonyl (C=O) groups excluding carboxylic acids is 1. The molecule has 0 heterocycles. The summed E-state index contributed by atoms with van der Waals surface area (Å²) in [7, 11) is -2.18. The Hall–Kier alpha value is -2.43. The van der Waals surface area contributed by atoms with Gasteiger partial charge in [-0.25, -0.2) is 4.39 Å². The van der Waals surface area contributed by atoms with Crippen LogP contribution in [0.1, 0.15) is 41.5 Å². The molecule has 0 saturated carbocycles. The zero-order chi connectivity index (χ0) is 22.3. The Morgan fingerprint density at radius 3 is 2.47 bits per heavy atom. The number of hydrogen-bond acceptors (Lipinski definition) is 4. The molecular formula is C23H27FO5P+. The average Bonchev–Trinajstić information content (AvgIpc) is 2.64. The van der Waals surface area contributed by atoms with Gasteiger partial charge in [0.15, 0.2) is 5.78 Å². The molecule has 1 atom stereocenters. The van der Waals surface area contributed by atoms with E-state index in [1.54, 1.807) is 13.0 Å². The molecule has 0 amide bonds. The van der Waals surface area contributed by atoms with Crippen molar-refractivity contribution >= 4 is 19.8 Å². The zero-order valence-corrected chi connectivity index (χ0v) is 18.4. The molecule has 0 aliphatic carbocycles. The normalized spacial score (nSPS) is 11.4. The Kier molecular flexibility index (Phi) is 8.82. The first kappa shape index (κ1) is 23.8. The molecule has 0 aliphatic heterocycles. The first-order valence-electron chi connectivity index (χ1n) is 9.85. The van der Waals surface area contributed by atoms with Gasteiger partial charge in [0.25, 0.3) is 0 Å². The smallest absolute Gasteiger partial charge is 0.481 e. The molecule has 0 aliphatic rings. The third kappa shape index (κ3) is 7.12. The monoisotopic (exact) mass is 433 g/mol. The third-order valence-corrected chi connectivity index (χ3v) is 5.88. The molecule has 0 bridgehead atoms. The van der Waals surface area contributed by atoms with Gasteiger partial charge >= 0.3 is 14.0 Å². The number of hydrogen-bond donors (Lipinski definition) is 1. The molecule has 2 aromatic carbocycles. The molecule has 1 unspecified atom stereocenters. The summed E-state index contributed by atoms with van der Waals surface area (Å²) in [6.45, 7) is 6.09. The largest absolute Gasteiger partial charge is 0.516 e. The van der Waals surface area contributed by atoms with Crippen LogP contribution in [0.25, 0.3) is 11.1 Å². The maximum absolute atomic E-state index is 13.7. The molecule has 30 heavy (non-hydrogen) atoms. The van der Waals surface area contributed by atoms with Gasteiger partial charge in [-0.15, -0.1) is 4.52 Å². The van der Waals surface area contributed by atoms with Crippen LogP contribution in [-0.4, -0.2) is 29.6 Å². The van der Waals surface area contributed by atoms with Gasteiger partial charge in [0.2, 0.25) is 6.16 Å². The number of aliphatic carboxylic acids is 1. The summed E-state index contributed by atoms with van der Waals surface area (Å²) < 4.78 is 30.6. The lowest BCUT2D eigenvalue weighted by Gasteiger charge is -2.15. The van der Waals surface area contributed by atoms with E-state index in [2.05, 4.69) is 19.1 Å². The first-order chi connectivity index (χ1) is 14.2. The molecule has 2 aromatic rings. The van der Waals surface area contributed by atoms with Crippen molar-refractivity contribution in [3.05, 3.63) is 58.4 Å². The van der Waals surface area contributed by atoms with Crippen LogP contribution >= 0.6 is 8.03 Å². The Labute approximate surface area is 177 Å². The van der Waals surface area contributed by atoms with Crippen molar-refractivity contribution in [2.45, 2.75) is 46.5 Å². The van der Waals surface area contributed by atoms with Crippen LogP contribution in [0.2, 0.25) is 0 Å². The number of carbonyl (C=O) groups is 2. The molecule has 0 aromatic heterocycles. The highest BCUT2D eigenvalue weighted by Crippen LogP contribution is 2.30. The van der Waals surface area contributed by atoms with Gasteiger partial charge in [-0.2, -0.15) is 0 Å². The zero-order valence-electron chi connectivity index (χ0n) is 17.5. The number of unbranched alkanes of at least 4 members (excludes halogenated alkanes) is 1. The van der Waals surface area contributed by atoms with Crippen LogP contribution < -0.4 is 0 Å². The Balaban J connectivity index is 1.95. The van der Waals surface area contributed by atoms with Crippen LogP contribution in [0.4, 0.5) is 4.39 Å². The van der Waals surface area contributed by atoms with Gasteiger partial charge in [0.1, 0.15) is 18.8 Å². The lowest BCUT2D eigenvalue weighted by Crippen LogP contribution is -2.09. The number of aryl methyl sites for hydroxylation is 3. The second-order valence-corrected chi connectivity index (χ2v) is 8.70. The van der Waals surface area contributed by atoms with Crippen LogP contribution in [-0.2, 0) is 25.1 Å². The lowest BCUT2D eigenvalue weighted by atomic mass is 9.90. The number of rotatable bonds is 11. The number of ketones is 1. The number of halogens is 1. The second kappa shape index (κ2) is 11.1. The van der Waals surface area contributed by atoms with Crippen molar-refractivity contribution in [1.82, 2.24) is 0 Å². The van der Waals surface area contributed by atoms with E-state index < -0.39 is 26.2 Å². The minimum atomic E-state index is -2.18. The van der Waals surface area contributed by atoms with Crippen molar-refractivity contribution in [3.63, 3.8) is 0 Å². The molecule has 7 heteroatoms. The van der Waals surface area contributed by atoms with E-state index in [0.717, 1.165) is 29.5 Å². The van der Waals surface area contributed by atoms with Crippen molar-refractivity contribution in [1.29, 1.82) is 0 Å². The summed E-state index contributed by atoms with van der Waals surface area (Å²) >= 11 is 0. The molecular weight excluding hydrogens is 406 g/mol. The molecule has 1 N–H and O–H groups in total. The summed E-state index contributed by atoms with van der Waals surface area (Å²) in [6.07, 6.45) is 1.23. The predicted molar refractivity (Wildman–Crippen MR) is 115 cm³/mol. The quantitative estimate of drug-likeness (QED) is 0.286. The standard InChI is InChI=1S/C23H26FO5P/c1-15-10-16(2)20(21(11-15)18-7-8-22(24)17(3)12-18)6-4-5-9-29-30(28)14-19(25)13-23(26)27/h7-8,10-12H,4-6,9,13-14H2,1-3H3/p+1. The molecule has 0 radical (unpaired) electrons. The van der Waals surface area contributed by atoms with Gasteiger partial charge in [0.05, 0.1) is 0 Å². The fourth-order valence-corrected chi connectivity index (χ4v) is 4.21. The fraction of sp³-hybridized carbons (Fsp3) is 0.391. The molecule has 0 spiro atoms. The minimum absolute atomic E-state index is 0.224. The average molecular weight is 433 g/mol. The van der Waals surface area contributed by atoms with Gasteiger partial charge in [-0.05, 0) is 84.5 Å². The van der Waals surface area contributed by atoms with Gasteiger partial charge in [-0.1, -0.05) is 23.8 Å². The van der Waals surface area contributed by atoms with E-state index >= 15 is 0 Å². The molecule has 0 saturated heterocycles. The van der Waals surface area contributed by atoms with Gasteiger partial charge in [-0.3, -0.25) is 9.59 Å². The van der Waals surface area contributed by atoms with Crippen LogP contribution in [0, 0.1) is 26.6 Å². The van der Waals surface area contributed by atoms with E-state index in [9.17, 15) is 18.5 Å². The van der Waals surface area contributed by atoms with Crippen molar-refractivity contribution in [2.75, 3.05) is 12.8 Å². The van der Waals surface area contributed by atoms with Crippen LogP contribution in [0.15, 0.2) is 30.3 Å². The van der Waals surface area contributed by atoms with E-state index in [4.69, 9.17) is 9.63 Å². The Bertz CT molecular complexity index is 955. The Morgan fingerprint density at radius 1 is 1.07 bits per heavy atom. The minimum Gasteiger partial charge on any atom is -0.481 e. The topological polar surface area (TPSA) is 80.7 Å². The summed E-state index contributed by atoms with van der Waals surface area (Å²) in [5, 5.41) is 8.55. The Morgan fingerprint density at radius 2 is 1.80 bits per heavy atom. The summed E-state index contributed by atoms with van der Waals surface area (Å²) in [4.78, 5) is 21.8. The lowest BCUT2D eigenvalue weighted by molar-refractivity contribution is -0.139. The highest BCUT2D eigenvalue weighted by Gasteiger charge is 2.24. The number of carboxylic acids is 1. The number of Topliss-reactive ketones (excluding diaryl/α,β-unsaturated/α-hetero) is 1. The third-order valence-electron chi connectivity index (χ3n) is 4.80. The highest BCUT2D eigenvalue weighted by molar-refractivity contribution is 7.40. The summed E-state index contributed by atoms with van der Waals surface area (Å²) in [5.74, 6) is -2.06. The van der Waals surface area contributed by atoms with E-state index in [-0.39, 0.29) is 18.6 Å². The van der Waals surface area contributed by atoms with Crippen LogP contribution in [0.5, 0.6) is 0 Å². The number of carboxylic acid groups (broad SMARTS) is 1. The first-order valence-corrected chi connectivity index (χ1v) is 11.2. The SMILES string of the molecule is Cc1cc(C)c(CCCCO[P+](=O)CC(=O)CC(=O)O)c(-c2ccc(F)c(C)c2)c1. The van der Waals surface area contributed by atoms with E-state index in [1.165, 1.54) is 17.2 Å². The maximum atomic E-state index is 13.7. The second-order valence-electron chi connectivity index (χ2n) is 7.46. The summed E-state index contributed by atoms with van der Waals surface area (Å²) in [6, 6.07) is 9.37.